The molecule has 2 atom stereocenters. The van der Waals surface area contributed by atoms with E-state index >= 15 is 0 Å². The molecule has 194 valence electrons. The van der Waals surface area contributed by atoms with Crippen LogP contribution in [0.1, 0.15) is 56.5 Å². The summed E-state index contributed by atoms with van der Waals surface area (Å²) in [7, 11) is 0. The minimum atomic E-state index is -0.341. The maximum atomic E-state index is 6.01. The molecule has 9 heteroatoms. The van der Waals surface area contributed by atoms with E-state index in [1.165, 1.54) is 25.7 Å². The standard InChI is InChI=1S/C29H31N7O2/c1-20-7-5-6-10-26(20)35-16-23(14-32-35)28-27-11-12-30-36(27)17-25(33-28)22-13-31-34(15-22)24-18-37-29(38-19-24)21-8-3-2-4-9-21/h2-4,8-9,11-17,20,24,26,29H,5-7,10,18-19H2,1H3/t20-,24-,26-,29+/m1/s1. The van der Waals surface area contributed by atoms with E-state index in [0.717, 1.165) is 33.6 Å². The Hall–Kier alpha value is -3.82. The lowest BCUT2D eigenvalue weighted by atomic mass is 9.86. The zero-order chi connectivity index (χ0) is 25.5. The van der Waals surface area contributed by atoms with Crippen molar-refractivity contribution in [2.24, 2.45) is 5.92 Å². The van der Waals surface area contributed by atoms with Gasteiger partial charge in [-0.25, -0.2) is 9.50 Å². The molecule has 1 saturated carbocycles. The average Bonchev–Trinajstić information content (AvgIpc) is 3.74. The van der Waals surface area contributed by atoms with E-state index in [-0.39, 0.29) is 12.3 Å². The van der Waals surface area contributed by atoms with Gasteiger partial charge in [0.05, 0.1) is 67.0 Å². The normalized spacial score (nSPS) is 24.1. The maximum Gasteiger partial charge on any atom is 0.184 e. The van der Waals surface area contributed by atoms with E-state index in [1.807, 2.05) is 70.4 Å². The van der Waals surface area contributed by atoms with Crippen molar-refractivity contribution in [1.82, 2.24) is 34.2 Å². The third-order valence-electron chi connectivity index (χ3n) is 7.89. The van der Waals surface area contributed by atoms with Gasteiger partial charge in [0, 0.05) is 29.1 Å². The highest BCUT2D eigenvalue weighted by atomic mass is 16.7. The molecule has 5 heterocycles. The SMILES string of the molecule is C[C@@H]1CCCC[C@H]1n1cc(-c2nc(-c3cnn([C@H]4CO[C@@H](c5ccccc5)OC4)c3)cn3nccc23)cn1. The van der Waals surface area contributed by atoms with Gasteiger partial charge >= 0.3 is 0 Å². The van der Waals surface area contributed by atoms with Gasteiger partial charge in [0.2, 0.25) is 0 Å². The van der Waals surface area contributed by atoms with Crippen molar-refractivity contribution in [3.63, 3.8) is 0 Å². The summed E-state index contributed by atoms with van der Waals surface area (Å²) >= 11 is 0. The lowest BCUT2D eigenvalue weighted by molar-refractivity contribution is -0.202. The number of ether oxygens (including phenoxy) is 2. The second kappa shape index (κ2) is 9.81. The van der Waals surface area contributed by atoms with Gasteiger partial charge in [-0.2, -0.15) is 15.3 Å². The molecule has 7 rings (SSSR count). The number of fused-ring (bicyclic) bond motifs is 1. The van der Waals surface area contributed by atoms with Crippen LogP contribution in [0, 0.1) is 5.92 Å². The Morgan fingerprint density at radius 1 is 0.816 bits per heavy atom. The Kier molecular flexibility index (Phi) is 6.02. The highest BCUT2D eigenvalue weighted by molar-refractivity contribution is 5.78. The smallest absolute Gasteiger partial charge is 0.184 e. The third-order valence-corrected chi connectivity index (χ3v) is 7.89. The van der Waals surface area contributed by atoms with Crippen LogP contribution in [0.15, 0.2) is 73.6 Å². The molecule has 1 aromatic carbocycles. The predicted molar refractivity (Wildman–Crippen MR) is 142 cm³/mol. The molecule has 0 unspecified atom stereocenters. The summed E-state index contributed by atoms with van der Waals surface area (Å²) in [5, 5.41) is 13.9. The quantitative estimate of drug-likeness (QED) is 0.311. The monoisotopic (exact) mass is 509 g/mol. The molecule has 38 heavy (non-hydrogen) atoms. The van der Waals surface area contributed by atoms with Crippen molar-refractivity contribution in [3.8, 4) is 22.5 Å². The minimum absolute atomic E-state index is 0.00710. The predicted octanol–water partition coefficient (Wildman–Crippen LogP) is 5.49. The van der Waals surface area contributed by atoms with Crippen LogP contribution in [0.3, 0.4) is 0 Å². The van der Waals surface area contributed by atoms with Crippen LogP contribution in [0.2, 0.25) is 0 Å². The molecule has 2 fully saturated rings. The Balaban J connectivity index is 1.14. The first kappa shape index (κ1) is 23.3. The van der Waals surface area contributed by atoms with Crippen LogP contribution >= 0.6 is 0 Å². The molecular formula is C29H31N7O2. The summed E-state index contributed by atoms with van der Waals surface area (Å²) in [5.74, 6) is 0.632. The molecule has 1 saturated heterocycles. The van der Waals surface area contributed by atoms with Crippen molar-refractivity contribution < 1.29 is 9.47 Å². The summed E-state index contributed by atoms with van der Waals surface area (Å²) in [6, 6.07) is 12.4. The van der Waals surface area contributed by atoms with E-state index in [0.29, 0.717) is 25.2 Å². The summed E-state index contributed by atoms with van der Waals surface area (Å²) in [4.78, 5) is 5.07. The molecule has 1 aliphatic heterocycles. The average molecular weight is 510 g/mol. The first-order valence-electron chi connectivity index (χ1n) is 13.4. The van der Waals surface area contributed by atoms with Crippen LogP contribution in [0.4, 0.5) is 0 Å². The van der Waals surface area contributed by atoms with E-state index in [4.69, 9.17) is 19.6 Å². The van der Waals surface area contributed by atoms with Crippen LogP contribution in [-0.4, -0.2) is 47.4 Å². The number of hydrogen-bond acceptors (Lipinski definition) is 6. The van der Waals surface area contributed by atoms with E-state index in [9.17, 15) is 0 Å². The van der Waals surface area contributed by atoms with Crippen molar-refractivity contribution in [2.45, 2.75) is 51.0 Å². The van der Waals surface area contributed by atoms with Gasteiger partial charge in [0.25, 0.3) is 0 Å². The van der Waals surface area contributed by atoms with Crippen LogP contribution in [0.5, 0.6) is 0 Å². The summed E-state index contributed by atoms with van der Waals surface area (Å²) < 4.78 is 18.0. The second-order valence-corrected chi connectivity index (χ2v) is 10.4. The van der Waals surface area contributed by atoms with Gasteiger partial charge in [0.1, 0.15) is 0 Å². The fraction of sp³-hybridized carbons (Fsp3) is 0.379. The zero-order valence-electron chi connectivity index (χ0n) is 21.4. The number of aromatic nitrogens is 7. The van der Waals surface area contributed by atoms with Crippen molar-refractivity contribution >= 4 is 5.52 Å². The van der Waals surface area contributed by atoms with Crippen molar-refractivity contribution in [3.05, 3.63) is 79.1 Å². The molecule has 0 bridgehead atoms. The number of hydrogen-bond donors (Lipinski definition) is 0. The Labute approximate surface area is 221 Å². The molecule has 0 radical (unpaired) electrons. The summed E-state index contributed by atoms with van der Waals surface area (Å²) in [6.45, 7) is 3.38. The first-order valence-corrected chi connectivity index (χ1v) is 13.4. The third kappa shape index (κ3) is 4.31. The van der Waals surface area contributed by atoms with Crippen LogP contribution in [0.25, 0.3) is 28.0 Å². The van der Waals surface area contributed by atoms with Crippen molar-refractivity contribution in [2.75, 3.05) is 13.2 Å². The topological polar surface area (TPSA) is 84.3 Å². The summed E-state index contributed by atoms with van der Waals surface area (Å²) in [5.41, 5.74) is 5.58. The Morgan fingerprint density at radius 2 is 1.58 bits per heavy atom. The number of benzene rings is 1. The van der Waals surface area contributed by atoms with Crippen LogP contribution < -0.4 is 0 Å². The molecular weight excluding hydrogens is 478 g/mol. The minimum Gasteiger partial charge on any atom is -0.346 e. The highest BCUT2D eigenvalue weighted by Crippen LogP contribution is 2.35. The van der Waals surface area contributed by atoms with Gasteiger partial charge in [0.15, 0.2) is 6.29 Å². The van der Waals surface area contributed by atoms with Gasteiger partial charge in [-0.3, -0.25) is 9.36 Å². The first-order chi connectivity index (χ1) is 18.7. The van der Waals surface area contributed by atoms with Gasteiger partial charge in [-0.15, -0.1) is 0 Å². The molecule has 9 nitrogen and oxygen atoms in total. The fourth-order valence-corrected chi connectivity index (χ4v) is 5.73. The zero-order valence-corrected chi connectivity index (χ0v) is 21.4. The molecule has 2 aliphatic rings. The lowest BCUT2D eigenvalue weighted by Gasteiger charge is -2.29. The number of nitrogens with zero attached hydrogens (tertiary/aromatic N) is 7. The van der Waals surface area contributed by atoms with Gasteiger partial charge in [-0.05, 0) is 24.8 Å². The second-order valence-electron chi connectivity index (χ2n) is 10.4. The maximum absolute atomic E-state index is 6.01. The molecule has 1 aliphatic carbocycles. The molecule has 4 aromatic heterocycles. The fourth-order valence-electron chi connectivity index (χ4n) is 5.73. The largest absolute Gasteiger partial charge is 0.346 e. The van der Waals surface area contributed by atoms with Crippen LogP contribution in [-0.2, 0) is 9.47 Å². The summed E-state index contributed by atoms with van der Waals surface area (Å²) in [6.07, 6.45) is 16.4. The van der Waals surface area contributed by atoms with E-state index in [2.05, 4.69) is 28.0 Å². The molecule has 0 amide bonds. The van der Waals surface area contributed by atoms with E-state index < -0.39 is 0 Å². The van der Waals surface area contributed by atoms with Gasteiger partial charge < -0.3 is 9.47 Å². The van der Waals surface area contributed by atoms with E-state index in [1.54, 1.807) is 6.20 Å². The lowest BCUT2D eigenvalue weighted by Crippen LogP contribution is -2.29. The highest BCUT2D eigenvalue weighted by Gasteiger charge is 2.26. The van der Waals surface area contributed by atoms with Crippen molar-refractivity contribution in [1.29, 1.82) is 0 Å². The number of rotatable bonds is 5. The molecule has 0 spiro atoms. The Morgan fingerprint density at radius 3 is 2.42 bits per heavy atom. The molecule has 5 aromatic rings. The Bertz CT molecular complexity index is 1530. The molecule has 0 N–H and O–H groups in total. The van der Waals surface area contributed by atoms with Gasteiger partial charge in [-0.1, -0.05) is 50.1 Å².